The zero-order valence-electron chi connectivity index (χ0n) is 15.2. The number of benzene rings is 2. The van der Waals surface area contributed by atoms with E-state index in [0.29, 0.717) is 22.2 Å². The zero-order valence-corrected chi connectivity index (χ0v) is 15.9. The molecule has 0 saturated carbocycles. The maximum absolute atomic E-state index is 13.0. The van der Waals surface area contributed by atoms with Crippen LogP contribution in [0, 0.1) is 0 Å². The highest BCUT2D eigenvalue weighted by molar-refractivity contribution is 6.30. The van der Waals surface area contributed by atoms with Crippen molar-refractivity contribution in [3.63, 3.8) is 0 Å². The summed E-state index contributed by atoms with van der Waals surface area (Å²) in [4.78, 5) is 13.0. The summed E-state index contributed by atoms with van der Waals surface area (Å²) in [5, 5.41) is 8.23. The van der Waals surface area contributed by atoms with E-state index in [1.54, 1.807) is 35.2 Å². The van der Waals surface area contributed by atoms with Crippen LogP contribution in [0.2, 0.25) is 5.02 Å². The predicted octanol–water partition coefficient (Wildman–Crippen LogP) is 5.28. The van der Waals surface area contributed by atoms with Crippen molar-refractivity contribution in [2.24, 2.45) is 0 Å². The third-order valence-corrected chi connectivity index (χ3v) is 4.69. The predicted molar refractivity (Wildman–Crippen MR) is 109 cm³/mol. The molecule has 28 heavy (non-hydrogen) atoms. The average molecular weight is 392 g/mol. The van der Waals surface area contributed by atoms with E-state index in [0.717, 1.165) is 11.3 Å². The van der Waals surface area contributed by atoms with Gasteiger partial charge in [-0.15, -0.1) is 0 Å². The smallest absolute Gasteiger partial charge is 0.270 e. The van der Waals surface area contributed by atoms with E-state index in [2.05, 4.69) is 10.4 Å². The Morgan fingerprint density at radius 1 is 1.07 bits per heavy atom. The monoisotopic (exact) mass is 391 g/mol. The maximum atomic E-state index is 13.0. The Hall–Kier alpha value is -3.31. The zero-order chi connectivity index (χ0) is 19.5. The quantitative estimate of drug-likeness (QED) is 0.503. The van der Waals surface area contributed by atoms with Gasteiger partial charge in [-0.25, -0.2) is 4.68 Å². The molecule has 4 aromatic rings. The molecule has 140 valence electrons. The Labute approximate surface area is 167 Å². The Balaban J connectivity index is 1.70. The number of rotatable bonds is 5. The second kappa shape index (κ2) is 7.74. The number of hydrogen-bond acceptors (Lipinski definition) is 3. The minimum Gasteiger partial charge on any atom is -0.463 e. The number of aromatic nitrogens is 2. The molecule has 0 aliphatic rings. The summed E-state index contributed by atoms with van der Waals surface area (Å²) in [7, 11) is 0. The van der Waals surface area contributed by atoms with Crippen LogP contribution in [0.1, 0.15) is 29.0 Å². The van der Waals surface area contributed by atoms with Gasteiger partial charge in [0.15, 0.2) is 5.76 Å². The lowest BCUT2D eigenvalue weighted by Gasteiger charge is -2.15. The van der Waals surface area contributed by atoms with Gasteiger partial charge in [0.05, 0.1) is 18.0 Å². The highest BCUT2D eigenvalue weighted by Crippen LogP contribution is 2.24. The van der Waals surface area contributed by atoms with E-state index in [9.17, 15) is 4.79 Å². The van der Waals surface area contributed by atoms with Gasteiger partial charge in [0.25, 0.3) is 5.91 Å². The second-order valence-corrected chi connectivity index (χ2v) is 6.82. The number of nitrogens with zero attached hydrogens (tertiary/aromatic N) is 2. The molecular weight excluding hydrogens is 374 g/mol. The van der Waals surface area contributed by atoms with Crippen molar-refractivity contribution in [3.8, 4) is 17.1 Å². The molecule has 5 nitrogen and oxygen atoms in total. The van der Waals surface area contributed by atoms with Gasteiger partial charge in [-0.1, -0.05) is 41.9 Å². The largest absolute Gasteiger partial charge is 0.463 e. The average Bonchev–Trinajstić information content (AvgIpc) is 3.39. The SMILES string of the molecule is CC(NC(=O)c1cc(-c2ccco2)nn1-c1ccc(Cl)cc1)c1ccccc1. The number of furan rings is 1. The molecule has 2 heterocycles. The summed E-state index contributed by atoms with van der Waals surface area (Å²) in [6, 6.07) is 22.1. The van der Waals surface area contributed by atoms with E-state index in [1.807, 2.05) is 55.5 Å². The van der Waals surface area contributed by atoms with Gasteiger partial charge in [-0.3, -0.25) is 4.79 Å². The van der Waals surface area contributed by atoms with Crippen LogP contribution < -0.4 is 5.32 Å². The minimum atomic E-state index is -0.225. The molecule has 2 aromatic carbocycles. The van der Waals surface area contributed by atoms with Gasteiger partial charge in [-0.05, 0) is 48.9 Å². The fraction of sp³-hybridized carbons (Fsp3) is 0.0909. The maximum Gasteiger partial charge on any atom is 0.270 e. The van der Waals surface area contributed by atoms with Crippen LogP contribution in [0.15, 0.2) is 83.5 Å². The molecule has 1 atom stereocenters. The lowest BCUT2D eigenvalue weighted by molar-refractivity contribution is 0.0932. The van der Waals surface area contributed by atoms with Gasteiger partial charge in [0.1, 0.15) is 11.4 Å². The molecule has 6 heteroatoms. The van der Waals surface area contributed by atoms with E-state index in [1.165, 1.54) is 0 Å². The fourth-order valence-electron chi connectivity index (χ4n) is 2.96. The van der Waals surface area contributed by atoms with Gasteiger partial charge in [-0.2, -0.15) is 5.10 Å². The third kappa shape index (κ3) is 3.70. The third-order valence-electron chi connectivity index (χ3n) is 4.43. The van der Waals surface area contributed by atoms with Gasteiger partial charge in [0, 0.05) is 11.1 Å². The van der Waals surface area contributed by atoms with Crippen molar-refractivity contribution in [1.29, 1.82) is 0 Å². The van der Waals surface area contributed by atoms with Crippen LogP contribution in [-0.2, 0) is 0 Å². The molecule has 0 radical (unpaired) electrons. The van der Waals surface area contributed by atoms with Gasteiger partial charge in [0.2, 0.25) is 0 Å². The summed E-state index contributed by atoms with van der Waals surface area (Å²) >= 11 is 6.00. The Morgan fingerprint density at radius 2 is 1.82 bits per heavy atom. The second-order valence-electron chi connectivity index (χ2n) is 6.39. The van der Waals surface area contributed by atoms with E-state index in [-0.39, 0.29) is 11.9 Å². The van der Waals surface area contributed by atoms with Crippen molar-refractivity contribution >= 4 is 17.5 Å². The minimum absolute atomic E-state index is 0.144. The normalized spacial score (nSPS) is 11.9. The van der Waals surface area contributed by atoms with Gasteiger partial charge >= 0.3 is 0 Å². The first-order chi connectivity index (χ1) is 13.6. The molecule has 1 unspecified atom stereocenters. The molecule has 4 rings (SSSR count). The molecule has 1 amide bonds. The standard InChI is InChI=1S/C22H18ClN3O2/c1-15(16-6-3-2-4-7-16)24-22(27)20-14-19(21-8-5-13-28-21)25-26(20)18-11-9-17(23)10-12-18/h2-15H,1H3,(H,24,27). The number of carbonyl (C=O) groups is 1. The summed E-state index contributed by atoms with van der Waals surface area (Å²) in [5.74, 6) is 0.370. The number of carbonyl (C=O) groups excluding carboxylic acids is 1. The van der Waals surface area contributed by atoms with E-state index >= 15 is 0 Å². The van der Waals surface area contributed by atoms with Crippen LogP contribution in [0.3, 0.4) is 0 Å². The van der Waals surface area contributed by atoms with Crippen molar-refractivity contribution in [2.75, 3.05) is 0 Å². The lowest BCUT2D eigenvalue weighted by Crippen LogP contribution is -2.28. The van der Waals surface area contributed by atoms with Crippen molar-refractivity contribution in [2.45, 2.75) is 13.0 Å². The number of halogens is 1. The molecular formula is C22H18ClN3O2. The molecule has 0 fully saturated rings. The molecule has 0 bridgehead atoms. The van der Waals surface area contributed by atoms with Gasteiger partial charge < -0.3 is 9.73 Å². The summed E-state index contributed by atoms with van der Waals surface area (Å²) in [5.41, 5.74) is 2.76. The highest BCUT2D eigenvalue weighted by atomic mass is 35.5. The Kier molecular flexibility index (Phi) is 5.00. The molecule has 0 aliphatic heterocycles. The highest BCUT2D eigenvalue weighted by Gasteiger charge is 2.20. The van der Waals surface area contributed by atoms with Crippen LogP contribution in [0.5, 0.6) is 0 Å². The molecule has 2 aromatic heterocycles. The van der Waals surface area contributed by atoms with Crippen molar-refractivity contribution in [3.05, 3.63) is 95.3 Å². The number of hydrogen-bond donors (Lipinski definition) is 1. The van der Waals surface area contributed by atoms with E-state index < -0.39 is 0 Å². The summed E-state index contributed by atoms with van der Waals surface area (Å²) in [6.45, 7) is 1.95. The first-order valence-corrected chi connectivity index (χ1v) is 9.25. The lowest BCUT2D eigenvalue weighted by atomic mass is 10.1. The Bertz CT molecular complexity index is 1070. The van der Waals surface area contributed by atoms with E-state index in [4.69, 9.17) is 16.0 Å². The van der Waals surface area contributed by atoms with Crippen molar-refractivity contribution in [1.82, 2.24) is 15.1 Å². The van der Waals surface area contributed by atoms with Crippen LogP contribution in [0.25, 0.3) is 17.1 Å². The Morgan fingerprint density at radius 3 is 2.50 bits per heavy atom. The summed E-state index contributed by atoms with van der Waals surface area (Å²) < 4.78 is 7.04. The molecule has 0 saturated heterocycles. The fourth-order valence-corrected chi connectivity index (χ4v) is 3.09. The van der Waals surface area contributed by atoms with Crippen LogP contribution >= 0.6 is 11.6 Å². The first-order valence-electron chi connectivity index (χ1n) is 8.87. The molecule has 0 aliphatic carbocycles. The van der Waals surface area contributed by atoms with Crippen LogP contribution in [0.4, 0.5) is 0 Å². The summed E-state index contributed by atoms with van der Waals surface area (Å²) in [6.07, 6.45) is 1.58. The molecule has 1 N–H and O–H groups in total. The number of nitrogens with one attached hydrogen (secondary N) is 1. The molecule has 0 spiro atoms. The number of amides is 1. The topological polar surface area (TPSA) is 60.1 Å². The first kappa shape index (κ1) is 18.1. The van der Waals surface area contributed by atoms with Crippen molar-refractivity contribution < 1.29 is 9.21 Å². The van der Waals surface area contributed by atoms with Crippen LogP contribution in [-0.4, -0.2) is 15.7 Å².